The average Bonchev–Trinajstić information content (AvgIpc) is 3.16. The monoisotopic (exact) mass is 306 g/mol. The molecule has 1 aromatic carbocycles. The Morgan fingerprint density at radius 1 is 1.32 bits per heavy atom. The van der Waals surface area contributed by atoms with Gasteiger partial charge in [-0.1, -0.05) is 12.1 Å². The summed E-state index contributed by atoms with van der Waals surface area (Å²) in [7, 11) is 1.65. The molecule has 0 radical (unpaired) electrons. The standard InChI is InChI=1S/C17H22O5/c1-11(18)21-14-8-15(17(2)16(9-14)22-17)20-10-12-4-6-13(19-3)7-5-12/h4-7,14-16H,8-10H2,1-3H3/t14-,15+,16+,17-/m0/s1. The molecule has 2 fully saturated rings. The maximum atomic E-state index is 11.1. The van der Waals surface area contributed by atoms with Gasteiger partial charge in [0.05, 0.1) is 25.9 Å². The Morgan fingerprint density at radius 2 is 2.05 bits per heavy atom. The summed E-state index contributed by atoms with van der Waals surface area (Å²) >= 11 is 0. The van der Waals surface area contributed by atoms with Crippen LogP contribution in [0.5, 0.6) is 5.75 Å². The predicted octanol–water partition coefficient (Wildman–Crippen LogP) is 2.46. The van der Waals surface area contributed by atoms with Crippen LogP contribution in [0.1, 0.15) is 32.3 Å². The van der Waals surface area contributed by atoms with Crippen molar-refractivity contribution in [3.8, 4) is 5.75 Å². The second kappa shape index (κ2) is 5.89. The first kappa shape index (κ1) is 15.3. The van der Waals surface area contributed by atoms with Crippen molar-refractivity contribution in [2.75, 3.05) is 7.11 Å². The van der Waals surface area contributed by atoms with E-state index in [4.69, 9.17) is 18.9 Å². The molecule has 5 nitrogen and oxygen atoms in total. The summed E-state index contributed by atoms with van der Waals surface area (Å²) in [6.07, 6.45) is 1.41. The molecule has 0 aromatic heterocycles. The lowest BCUT2D eigenvalue weighted by atomic mass is 9.86. The summed E-state index contributed by atoms with van der Waals surface area (Å²) in [5.74, 6) is 0.581. The SMILES string of the molecule is COc1ccc(CO[C@@H]2C[C@H](OC(C)=O)C[C@H]3O[C@@]23C)cc1. The van der Waals surface area contributed by atoms with Gasteiger partial charge in [0.25, 0.3) is 0 Å². The molecule has 1 aliphatic carbocycles. The Kier molecular flexibility index (Phi) is 4.10. The van der Waals surface area contributed by atoms with Crippen LogP contribution in [0.4, 0.5) is 0 Å². The van der Waals surface area contributed by atoms with Gasteiger partial charge in [-0.25, -0.2) is 0 Å². The van der Waals surface area contributed by atoms with E-state index >= 15 is 0 Å². The van der Waals surface area contributed by atoms with E-state index in [0.717, 1.165) is 17.7 Å². The number of hydrogen-bond acceptors (Lipinski definition) is 5. The van der Waals surface area contributed by atoms with Crippen LogP contribution >= 0.6 is 0 Å². The van der Waals surface area contributed by atoms with Gasteiger partial charge in [-0.3, -0.25) is 4.79 Å². The van der Waals surface area contributed by atoms with Crippen molar-refractivity contribution in [2.45, 2.75) is 57.2 Å². The molecule has 0 N–H and O–H groups in total. The molecular weight excluding hydrogens is 284 g/mol. The highest BCUT2D eigenvalue weighted by Gasteiger charge is 2.62. The zero-order valence-electron chi connectivity index (χ0n) is 13.2. The van der Waals surface area contributed by atoms with E-state index < -0.39 is 0 Å². The molecule has 0 spiro atoms. The summed E-state index contributed by atoms with van der Waals surface area (Å²) in [5.41, 5.74) is 0.847. The van der Waals surface area contributed by atoms with Crippen molar-refractivity contribution in [1.29, 1.82) is 0 Å². The maximum Gasteiger partial charge on any atom is 0.302 e. The molecule has 120 valence electrons. The number of epoxide rings is 1. The molecule has 3 rings (SSSR count). The van der Waals surface area contributed by atoms with E-state index in [0.29, 0.717) is 13.0 Å². The second-order valence-electron chi connectivity index (χ2n) is 6.14. The third-order valence-electron chi connectivity index (χ3n) is 4.51. The molecule has 1 saturated heterocycles. The smallest absolute Gasteiger partial charge is 0.302 e. The van der Waals surface area contributed by atoms with Crippen LogP contribution in [-0.2, 0) is 25.6 Å². The normalized spacial score (nSPS) is 33.0. The van der Waals surface area contributed by atoms with Crippen LogP contribution in [0.25, 0.3) is 0 Å². The summed E-state index contributed by atoms with van der Waals surface area (Å²) in [6.45, 7) is 4.02. The lowest BCUT2D eigenvalue weighted by Crippen LogP contribution is -2.41. The Morgan fingerprint density at radius 3 is 2.68 bits per heavy atom. The first-order valence-electron chi connectivity index (χ1n) is 7.61. The molecule has 0 unspecified atom stereocenters. The van der Waals surface area contributed by atoms with Gasteiger partial charge in [0.2, 0.25) is 0 Å². The molecule has 1 aliphatic heterocycles. The molecule has 22 heavy (non-hydrogen) atoms. The van der Waals surface area contributed by atoms with Crippen LogP contribution in [0.2, 0.25) is 0 Å². The van der Waals surface area contributed by atoms with Gasteiger partial charge in [-0.15, -0.1) is 0 Å². The molecule has 4 atom stereocenters. The van der Waals surface area contributed by atoms with Crippen molar-refractivity contribution in [1.82, 2.24) is 0 Å². The lowest BCUT2D eigenvalue weighted by molar-refractivity contribution is -0.150. The number of hydrogen-bond donors (Lipinski definition) is 0. The van der Waals surface area contributed by atoms with Gasteiger partial charge in [-0.2, -0.15) is 0 Å². The highest BCUT2D eigenvalue weighted by Crippen LogP contribution is 2.49. The lowest BCUT2D eigenvalue weighted by Gasteiger charge is -2.30. The minimum absolute atomic E-state index is 0.0577. The molecule has 0 bridgehead atoms. The average molecular weight is 306 g/mol. The largest absolute Gasteiger partial charge is 0.497 e. The number of carbonyl (C=O) groups excluding carboxylic acids is 1. The van der Waals surface area contributed by atoms with Crippen LogP contribution in [-0.4, -0.2) is 37.0 Å². The molecule has 2 aliphatic rings. The minimum Gasteiger partial charge on any atom is -0.497 e. The first-order valence-corrected chi connectivity index (χ1v) is 7.61. The van der Waals surface area contributed by atoms with Crippen molar-refractivity contribution < 1.29 is 23.7 Å². The maximum absolute atomic E-state index is 11.1. The highest BCUT2D eigenvalue weighted by atomic mass is 16.6. The summed E-state index contributed by atoms with van der Waals surface area (Å²) in [5, 5.41) is 0. The van der Waals surface area contributed by atoms with Crippen LogP contribution in [0, 0.1) is 0 Å². The second-order valence-corrected chi connectivity index (χ2v) is 6.14. The molecule has 1 heterocycles. The van der Waals surface area contributed by atoms with E-state index in [1.165, 1.54) is 6.92 Å². The quantitative estimate of drug-likeness (QED) is 0.618. The van der Waals surface area contributed by atoms with Gasteiger partial charge in [0, 0.05) is 19.8 Å². The molecular formula is C17H22O5. The number of rotatable bonds is 5. The Bertz CT molecular complexity index is 540. The topological polar surface area (TPSA) is 57.3 Å². The molecule has 0 amide bonds. The molecule has 1 saturated carbocycles. The van der Waals surface area contributed by atoms with Crippen molar-refractivity contribution >= 4 is 5.97 Å². The van der Waals surface area contributed by atoms with E-state index in [2.05, 4.69) is 6.92 Å². The summed E-state index contributed by atoms with van der Waals surface area (Å²) in [6, 6.07) is 7.80. The van der Waals surface area contributed by atoms with Gasteiger partial charge >= 0.3 is 5.97 Å². The third-order valence-corrected chi connectivity index (χ3v) is 4.51. The van der Waals surface area contributed by atoms with Crippen LogP contribution < -0.4 is 4.74 Å². The predicted molar refractivity (Wildman–Crippen MR) is 79.6 cm³/mol. The van der Waals surface area contributed by atoms with Gasteiger partial charge in [0.15, 0.2) is 0 Å². The Balaban J connectivity index is 1.59. The van der Waals surface area contributed by atoms with Crippen molar-refractivity contribution in [3.63, 3.8) is 0 Å². The van der Waals surface area contributed by atoms with E-state index in [1.54, 1.807) is 7.11 Å². The summed E-state index contributed by atoms with van der Waals surface area (Å²) < 4.78 is 22.3. The molecule has 1 aromatic rings. The first-order chi connectivity index (χ1) is 10.5. The number of benzene rings is 1. The number of fused-ring (bicyclic) bond motifs is 1. The number of methoxy groups -OCH3 is 1. The zero-order chi connectivity index (χ0) is 15.7. The zero-order valence-corrected chi connectivity index (χ0v) is 13.2. The van der Waals surface area contributed by atoms with E-state index in [9.17, 15) is 4.79 Å². The van der Waals surface area contributed by atoms with Gasteiger partial charge in [-0.05, 0) is 24.6 Å². The van der Waals surface area contributed by atoms with E-state index in [1.807, 2.05) is 24.3 Å². The van der Waals surface area contributed by atoms with Crippen molar-refractivity contribution in [2.24, 2.45) is 0 Å². The van der Waals surface area contributed by atoms with Crippen molar-refractivity contribution in [3.05, 3.63) is 29.8 Å². The van der Waals surface area contributed by atoms with Gasteiger partial charge < -0.3 is 18.9 Å². The minimum atomic E-state index is -0.247. The molecule has 5 heteroatoms. The fraction of sp³-hybridized carbons (Fsp3) is 0.588. The summed E-state index contributed by atoms with van der Waals surface area (Å²) in [4.78, 5) is 11.1. The Hall–Kier alpha value is -1.59. The fourth-order valence-electron chi connectivity index (χ4n) is 3.13. The number of esters is 1. The van der Waals surface area contributed by atoms with Gasteiger partial charge in [0.1, 0.15) is 17.5 Å². The fourth-order valence-corrected chi connectivity index (χ4v) is 3.13. The number of carbonyl (C=O) groups is 1. The van der Waals surface area contributed by atoms with Crippen LogP contribution in [0.15, 0.2) is 24.3 Å². The van der Waals surface area contributed by atoms with E-state index in [-0.39, 0.29) is 29.9 Å². The third kappa shape index (κ3) is 3.10. The van der Waals surface area contributed by atoms with Crippen LogP contribution in [0.3, 0.4) is 0 Å². The number of ether oxygens (including phenoxy) is 4. The highest BCUT2D eigenvalue weighted by molar-refractivity contribution is 5.66. The Labute approximate surface area is 130 Å².